The van der Waals surface area contributed by atoms with Crippen molar-refractivity contribution in [3.63, 3.8) is 0 Å². The number of fused-ring (bicyclic) bond motifs is 3. The van der Waals surface area contributed by atoms with Gasteiger partial charge in [-0.15, -0.1) is 0 Å². The predicted molar refractivity (Wildman–Crippen MR) is 127 cm³/mol. The Morgan fingerprint density at radius 2 is 1.94 bits per heavy atom. The summed E-state index contributed by atoms with van der Waals surface area (Å²) >= 11 is 0. The second kappa shape index (κ2) is 9.01. The molecule has 2 fully saturated rings. The van der Waals surface area contributed by atoms with Crippen molar-refractivity contribution in [2.75, 3.05) is 20.3 Å². The Morgan fingerprint density at radius 1 is 1.15 bits per heavy atom. The van der Waals surface area contributed by atoms with Gasteiger partial charge in [-0.2, -0.15) is 0 Å². The Balaban J connectivity index is 1.51. The monoisotopic (exact) mass is 453 g/mol. The first-order chi connectivity index (χ1) is 16.0. The molecule has 1 aromatic heterocycles. The van der Waals surface area contributed by atoms with Crippen LogP contribution in [0.3, 0.4) is 0 Å². The molecule has 2 amide bonds. The van der Waals surface area contributed by atoms with E-state index in [1.54, 1.807) is 12.0 Å². The van der Waals surface area contributed by atoms with E-state index in [0.29, 0.717) is 18.8 Å². The van der Waals surface area contributed by atoms with Crippen LogP contribution in [0, 0.1) is 0 Å². The molecule has 2 aromatic rings. The molecular weight excluding hydrogens is 418 g/mol. The number of benzene rings is 1. The summed E-state index contributed by atoms with van der Waals surface area (Å²) < 4.78 is 13.3. The summed E-state index contributed by atoms with van der Waals surface area (Å²) in [5, 5.41) is 4.30. The van der Waals surface area contributed by atoms with Crippen LogP contribution in [0.25, 0.3) is 10.9 Å². The SMILES string of the molecule is COc1ccc2cc3n(c2c1)C[C@](C)(C(=O)NC1CCCCCC1)N(C[C@H]1CCCO1)C3=O. The van der Waals surface area contributed by atoms with Crippen LogP contribution in [0.1, 0.15) is 68.8 Å². The topological polar surface area (TPSA) is 72.8 Å². The Kier molecular flexibility index (Phi) is 6.08. The minimum Gasteiger partial charge on any atom is -0.497 e. The van der Waals surface area contributed by atoms with Gasteiger partial charge < -0.3 is 24.3 Å². The van der Waals surface area contributed by atoms with Crippen LogP contribution < -0.4 is 10.1 Å². The molecule has 0 bridgehead atoms. The van der Waals surface area contributed by atoms with E-state index in [9.17, 15) is 9.59 Å². The Labute approximate surface area is 195 Å². The van der Waals surface area contributed by atoms with Crippen molar-refractivity contribution < 1.29 is 19.1 Å². The quantitative estimate of drug-likeness (QED) is 0.698. The second-order valence-corrected chi connectivity index (χ2v) is 10.0. The molecule has 0 radical (unpaired) electrons. The van der Waals surface area contributed by atoms with Crippen LogP contribution >= 0.6 is 0 Å². The van der Waals surface area contributed by atoms with Gasteiger partial charge in [0.1, 0.15) is 17.0 Å². The number of carbonyl (C=O) groups excluding carboxylic acids is 2. The standard InChI is InChI=1S/C26H35N3O4/c1-26(25(31)27-19-8-5-3-4-6-9-19)17-28-22-15-20(32-2)12-11-18(22)14-23(28)24(30)29(26)16-21-10-7-13-33-21/h11-12,14-15,19,21H,3-10,13,16-17H2,1-2H3,(H,27,31)/t21-,26-/m1/s1. The van der Waals surface area contributed by atoms with Gasteiger partial charge >= 0.3 is 0 Å². The molecule has 7 heteroatoms. The summed E-state index contributed by atoms with van der Waals surface area (Å²) in [6.45, 7) is 3.49. The van der Waals surface area contributed by atoms with Gasteiger partial charge in [0.15, 0.2) is 0 Å². The summed E-state index contributed by atoms with van der Waals surface area (Å²) in [7, 11) is 1.64. The van der Waals surface area contributed by atoms with Gasteiger partial charge in [0.2, 0.25) is 5.91 Å². The fourth-order valence-corrected chi connectivity index (χ4v) is 5.70. The first kappa shape index (κ1) is 22.3. The molecule has 3 aliphatic rings. The Morgan fingerprint density at radius 3 is 2.64 bits per heavy atom. The van der Waals surface area contributed by atoms with E-state index >= 15 is 0 Å². The number of aromatic nitrogens is 1. The Hall–Kier alpha value is -2.54. The molecule has 178 valence electrons. The summed E-state index contributed by atoms with van der Waals surface area (Å²) in [6, 6.07) is 7.94. The van der Waals surface area contributed by atoms with E-state index < -0.39 is 5.54 Å². The van der Waals surface area contributed by atoms with E-state index in [-0.39, 0.29) is 24.0 Å². The lowest BCUT2D eigenvalue weighted by Gasteiger charge is -2.45. The molecule has 1 saturated carbocycles. The van der Waals surface area contributed by atoms with E-state index in [4.69, 9.17) is 9.47 Å². The molecule has 7 nitrogen and oxygen atoms in total. The van der Waals surface area contributed by atoms with E-state index in [2.05, 4.69) is 5.32 Å². The normalized spacial score (nSPS) is 26.3. The lowest BCUT2D eigenvalue weighted by molar-refractivity contribution is -0.134. The molecule has 5 rings (SSSR count). The maximum Gasteiger partial charge on any atom is 0.271 e. The van der Waals surface area contributed by atoms with Crippen LogP contribution in [0.5, 0.6) is 5.75 Å². The minimum atomic E-state index is -0.989. The van der Waals surface area contributed by atoms with E-state index in [1.165, 1.54) is 12.8 Å². The van der Waals surface area contributed by atoms with Gasteiger partial charge in [-0.3, -0.25) is 9.59 Å². The van der Waals surface area contributed by atoms with Gasteiger partial charge in [-0.05, 0) is 50.8 Å². The van der Waals surface area contributed by atoms with Gasteiger partial charge in [0.25, 0.3) is 5.91 Å². The average Bonchev–Trinajstić information content (AvgIpc) is 3.38. The van der Waals surface area contributed by atoms with Crippen molar-refractivity contribution in [3.05, 3.63) is 30.0 Å². The number of hydrogen-bond acceptors (Lipinski definition) is 4. The van der Waals surface area contributed by atoms with Gasteiger partial charge in [0, 0.05) is 30.6 Å². The van der Waals surface area contributed by atoms with Crippen molar-refractivity contribution in [1.29, 1.82) is 0 Å². The maximum atomic E-state index is 13.8. The summed E-state index contributed by atoms with van der Waals surface area (Å²) in [5.74, 6) is 0.573. The highest BCUT2D eigenvalue weighted by Gasteiger charge is 2.49. The zero-order chi connectivity index (χ0) is 23.0. The first-order valence-electron chi connectivity index (χ1n) is 12.4. The van der Waals surface area contributed by atoms with Crippen molar-refractivity contribution in [2.24, 2.45) is 0 Å². The maximum absolute atomic E-state index is 13.8. The van der Waals surface area contributed by atoms with Crippen LogP contribution in [0.15, 0.2) is 24.3 Å². The van der Waals surface area contributed by atoms with Crippen LogP contribution in [0.4, 0.5) is 0 Å². The van der Waals surface area contributed by atoms with E-state index in [0.717, 1.165) is 61.8 Å². The predicted octanol–water partition coefficient (Wildman–Crippen LogP) is 3.88. The zero-order valence-electron chi connectivity index (χ0n) is 19.8. The molecular formula is C26H35N3O4. The Bertz CT molecular complexity index is 1030. The van der Waals surface area contributed by atoms with Crippen LogP contribution in [-0.2, 0) is 16.1 Å². The highest BCUT2D eigenvalue weighted by atomic mass is 16.5. The molecule has 0 unspecified atom stereocenters. The fourth-order valence-electron chi connectivity index (χ4n) is 5.70. The lowest BCUT2D eigenvalue weighted by Crippen LogP contribution is -2.66. The number of nitrogens with one attached hydrogen (secondary N) is 1. The molecule has 2 atom stereocenters. The number of methoxy groups -OCH3 is 1. The molecule has 2 aliphatic heterocycles. The molecule has 0 spiro atoms. The third-order valence-corrected chi connectivity index (χ3v) is 7.73. The number of amides is 2. The summed E-state index contributed by atoms with van der Waals surface area (Å²) in [4.78, 5) is 29.4. The van der Waals surface area contributed by atoms with Gasteiger partial charge in [-0.1, -0.05) is 25.7 Å². The highest BCUT2D eigenvalue weighted by Crippen LogP contribution is 2.35. The van der Waals surface area contributed by atoms with Crippen molar-refractivity contribution in [1.82, 2.24) is 14.8 Å². The average molecular weight is 454 g/mol. The molecule has 3 heterocycles. The third kappa shape index (κ3) is 4.12. The van der Waals surface area contributed by atoms with Crippen molar-refractivity contribution in [2.45, 2.75) is 82.5 Å². The van der Waals surface area contributed by atoms with Crippen molar-refractivity contribution in [3.8, 4) is 5.75 Å². The first-order valence-corrected chi connectivity index (χ1v) is 12.4. The second-order valence-electron chi connectivity index (χ2n) is 10.0. The smallest absolute Gasteiger partial charge is 0.271 e. The molecule has 33 heavy (non-hydrogen) atoms. The fraction of sp³-hybridized carbons (Fsp3) is 0.615. The van der Waals surface area contributed by atoms with Crippen LogP contribution in [0.2, 0.25) is 0 Å². The molecule has 1 aliphatic carbocycles. The lowest BCUT2D eigenvalue weighted by atomic mass is 9.93. The number of ether oxygens (including phenoxy) is 2. The van der Waals surface area contributed by atoms with Crippen LogP contribution in [-0.4, -0.2) is 59.2 Å². The summed E-state index contributed by atoms with van der Waals surface area (Å²) in [5.41, 5.74) is 0.552. The zero-order valence-corrected chi connectivity index (χ0v) is 19.8. The largest absolute Gasteiger partial charge is 0.497 e. The number of rotatable bonds is 5. The molecule has 1 N–H and O–H groups in total. The van der Waals surface area contributed by atoms with E-state index in [1.807, 2.05) is 35.8 Å². The molecule has 1 saturated heterocycles. The number of nitrogens with zero attached hydrogens (tertiary/aromatic N) is 2. The van der Waals surface area contributed by atoms with Gasteiger partial charge in [0.05, 0.1) is 25.3 Å². The minimum absolute atomic E-state index is 0.0185. The number of hydrogen-bond donors (Lipinski definition) is 1. The number of carbonyl (C=O) groups is 2. The molecule has 1 aromatic carbocycles. The third-order valence-electron chi connectivity index (χ3n) is 7.73. The van der Waals surface area contributed by atoms with Crippen molar-refractivity contribution >= 4 is 22.7 Å². The highest BCUT2D eigenvalue weighted by molar-refractivity contribution is 6.03. The van der Waals surface area contributed by atoms with Gasteiger partial charge in [-0.25, -0.2) is 0 Å². The summed E-state index contributed by atoms with van der Waals surface area (Å²) in [6.07, 6.45) is 8.67.